The summed E-state index contributed by atoms with van der Waals surface area (Å²) in [5.41, 5.74) is 4.54. The Kier molecular flexibility index (Phi) is 4.35. The van der Waals surface area contributed by atoms with E-state index in [1.807, 2.05) is 54.2 Å². The first-order valence-corrected chi connectivity index (χ1v) is 9.89. The van der Waals surface area contributed by atoms with E-state index in [0.29, 0.717) is 18.2 Å². The maximum Gasteiger partial charge on any atom is 0.270 e. The van der Waals surface area contributed by atoms with Crippen molar-refractivity contribution in [3.8, 4) is 5.82 Å². The Labute approximate surface area is 168 Å². The monoisotopic (exact) mass is 386 g/mol. The number of benzene rings is 1. The van der Waals surface area contributed by atoms with Crippen LogP contribution in [0.1, 0.15) is 46.8 Å². The van der Waals surface area contributed by atoms with Gasteiger partial charge in [-0.2, -0.15) is 5.10 Å². The summed E-state index contributed by atoms with van der Waals surface area (Å²) in [5, 5.41) is 7.38. The molecule has 1 aliphatic carbocycles. The van der Waals surface area contributed by atoms with Crippen LogP contribution in [-0.2, 0) is 13.6 Å². The number of carbonyl (C=O) groups excluding carboxylic acids is 1. The van der Waals surface area contributed by atoms with Crippen LogP contribution in [0.4, 0.5) is 0 Å². The Morgan fingerprint density at radius 1 is 1.17 bits per heavy atom. The van der Waals surface area contributed by atoms with Gasteiger partial charge in [0.15, 0.2) is 0 Å². The fourth-order valence-electron chi connectivity index (χ4n) is 3.92. The fraction of sp³-hybridized carbons (Fsp3) is 0.273. The van der Waals surface area contributed by atoms with Gasteiger partial charge in [-0.15, -0.1) is 0 Å². The molecule has 7 heteroatoms. The van der Waals surface area contributed by atoms with Gasteiger partial charge in [0.2, 0.25) is 0 Å². The fourth-order valence-corrected chi connectivity index (χ4v) is 3.92. The molecule has 1 amide bonds. The zero-order chi connectivity index (χ0) is 19.8. The molecule has 0 bridgehead atoms. The van der Waals surface area contributed by atoms with Crippen LogP contribution in [-0.4, -0.2) is 30.2 Å². The van der Waals surface area contributed by atoms with Gasteiger partial charge >= 0.3 is 0 Å². The Hall–Kier alpha value is -3.48. The smallest absolute Gasteiger partial charge is 0.270 e. The minimum Gasteiger partial charge on any atom is -0.346 e. The average molecular weight is 386 g/mol. The molecule has 0 saturated heterocycles. The molecule has 1 saturated carbocycles. The number of para-hydroxylation sites is 2. The van der Waals surface area contributed by atoms with Gasteiger partial charge in [-0.1, -0.05) is 24.6 Å². The number of hydrogen-bond donors (Lipinski definition) is 1. The van der Waals surface area contributed by atoms with E-state index in [4.69, 9.17) is 0 Å². The van der Waals surface area contributed by atoms with Crippen LogP contribution in [0, 0.1) is 0 Å². The van der Waals surface area contributed by atoms with Crippen LogP contribution in [0.5, 0.6) is 0 Å². The quantitative estimate of drug-likeness (QED) is 0.571. The number of rotatable bonds is 5. The molecule has 0 atom stereocenters. The summed E-state index contributed by atoms with van der Waals surface area (Å²) in [4.78, 5) is 22.0. The molecule has 29 heavy (non-hydrogen) atoms. The lowest BCUT2D eigenvalue weighted by Gasteiger charge is -2.25. The van der Waals surface area contributed by atoms with Gasteiger partial charge in [0, 0.05) is 30.9 Å². The molecule has 1 fully saturated rings. The number of nitrogens with one attached hydrogen (secondary N) is 1. The molecule has 0 unspecified atom stereocenters. The van der Waals surface area contributed by atoms with E-state index in [0.717, 1.165) is 40.8 Å². The van der Waals surface area contributed by atoms with Gasteiger partial charge in [-0.25, -0.2) is 9.97 Å². The van der Waals surface area contributed by atoms with Crippen LogP contribution in [0.2, 0.25) is 0 Å². The number of hydrogen-bond acceptors (Lipinski definition) is 4. The maximum atomic E-state index is 13.0. The van der Waals surface area contributed by atoms with E-state index in [-0.39, 0.29) is 5.91 Å². The summed E-state index contributed by atoms with van der Waals surface area (Å²) in [7, 11) is 1.82. The standard InChI is InChI=1S/C22H22N6O/c1-27-20(17(13-26-27)15-6-4-7-15)22(29)24-12-16-8-5-11-23-21(16)28-14-25-18-9-2-3-10-19(18)28/h2-3,5,8-11,13-15H,4,6-7,12H2,1H3,(H,24,29). The second-order valence-corrected chi connectivity index (χ2v) is 7.47. The Morgan fingerprint density at radius 2 is 2.03 bits per heavy atom. The molecule has 5 rings (SSSR count). The molecule has 4 aromatic rings. The lowest BCUT2D eigenvalue weighted by molar-refractivity contribution is 0.0939. The van der Waals surface area contributed by atoms with Crippen LogP contribution in [0.25, 0.3) is 16.9 Å². The molecule has 1 aliphatic rings. The number of carbonyl (C=O) groups is 1. The molecule has 1 N–H and O–H groups in total. The zero-order valence-electron chi connectivity index (χ0n) is 16.2. The van der Waals surface area contributed by atoms with Gasteiger partial charge in [0.1, 0.15) is 17.8 Å². The first-order chi connectivity index (χ1) is 14.2. The highest BCUT2D eigenvalue weighted by Gasteiger charge is 2.27. The molecule has 0 radical (unpaired) electrons. The zero-order valence-corrected chi connectivity index (χ0v) is 16.2. The summed E-state index contributed by atoms with van der Waals surface area (Å²) < 4.78 is 3.64. The lowest BCUT2D eigenvalue weighted by Crippen LogP contribution is -2.28. The van der Waals surface area contributed by atoms with Crippen molar-refractivity contribution in [2.45, 2.75) is 31.7 Å². The van der Waals surface area contributed by atoms with Crippen LogP contribution >= 0.6 is 0 Å². The predicted molar refractivity (Wildman–Crippen MR) is 110 cm³/mol. The minimum absolute atomic E-state index is 0.0998. The van der Waals surface area contributed by atoms with Crippen molar-refractivity contribution in [2.75, 3.05) is 0 Å². The number of aryl methyl sites for hydroxylation is 1. The topological polar surface area (TPSA) is 77.6 Å². The highest BCUT2D eigenvalue weighted by atomic mass is 16.2. The van der Waals surface area contributed by atoms with E-state index in [1.165, 1.54) is 6.42 Å². The first kappa shape index (κ1) is 17.6. The van der Waals surface area contributed by atoms with Crippen molar-refractivity contribution >= 4 is 16.9 Å². The molecule has 1 aromatic carbocycles. The molecule has 3 heterocycles. The molecule has 0 spiro atoms. The van der Waals surface area contributed by atoms with Crippen LogP contribution < -0.4 is 5.32 Å². The summed E-state index contributed by atoms with van der Waals surface area (Å²) >= 11 is 0. The third kappa shape index (κ3) is 3.08. The van der Waals surface area contributed by atoms with E-state index in [2.05, 4.69) is 20.4 Å². The number of pyridine rings is 1. The average Bonchev–Trinajstić information content (AvgIpc) is 3.29. The number of fused-ring (bicyclic) bond motifs is 1. The predicted octanol–water partition coefficient (Wildman–Crippen LogP) is 3.35. The minimum atomic E-state index is -0.0998. The van der Waals surface area contributed by atoms with Gasteiger partial charge in [0.05, 0.1) is 17.2 Å². The highest BCUT2D eigenvalue weighted by molar-refractivity contribution is 5.94. The molecule has 7 nitrogen and oxygen atoms in total. The lowest BCUT2D eigenvalue weighted by atomic mass is 9.80. The summed E-state index contributed by atoms with van der Waals surface area (Å²) in [6.07, 6.45) is 8.85. The Morgan fingerprint density at radius 3 is 2.86 bits per heavy atom. The van der Waals surface area contributed by atoms with Gasteiger partial charge in [-0.3, -0.25) is 14.0 Å². The van der Waals surface area contributed by atoms with Crippen molar-refractivity contribution < 1.29 is 4.79 Å². The molecule has 0 aliphatic heterocycles. The number of imidazole rings is 1. The van der Waals surface area contributed by atoms with E-state index in [1.54, 1.807) is 17.2 Å². The summed E-state index contributed by atoms with van der Waals surface area (Å²) in [6.45, 7) is 0.379. The van der Waals surface area contributed by atoms with Crippen molar-refractivity contribution in [1.82, 2.24) is 29.6 Å². The number of aromatic nitrogens is 5. The molecule has 146 valence electrons. The SMILES string of the molecule is Cn1ncc(C2CCC2)c1C(=O)NCc1cccnc1-n1cnc2ccccc21. The van der Waals surface area contributed by atoms with Crippen molar-refractivity contribution in [3.63, 3.8) is 0 Å². The van der Waals surface area contributed by atoms with E-state index >= 15 is 0 Å². The van der Waals surface area contributed by atoms with E-state index in [9.17, 15) is 4.79 Å². The largest absolute Gasteiger partial charge is 0.346 e. The summed E-state index contributed by atoms with van der Waals surface area (Å²) in [6, 6.07) is 11.8. The number of amides is 1. The molecular weight excluding hydrogens is 364 g/mol. The van der Waals surface area contributed by atoms with Gasteiger partial charge < -0.3 is 5.32 Å². The second kappa shape index (κ2) is 7.16. The number of nitrogens with zero attached hydrogens (tertiary/aromatic N) is 5. The third-order valence-corrected chi connectivity index (χ3v) is 5.72. The van der Waals surface area contributed by atoms with Crippen LogP contribution in [0.15, 0.2) is 55.1 Å². The van der Waals surface area contributed by atoms with Crippen LogP contribution in [0.3, 0.4) is 0 Å². The first-order valence-electron chi connectivity index (χ1n) is 9.89. The molecular formula is C22H22N6O. The van der Waals surface area contributed by atoms with Crippen molar-refractivity contribution in [3.05, 3.63) is 71.9 Å². The summed E-state index contributed by atoms with van der Waals surface area (Å²) in [5.74, 6) is 1.12. The third-order valence-electron chi connectivity index (χ3n) is 5.72. The van der Waals surface area contributed by atoms with Crippen molar-refractivity contribution in [2.24, 2.45) is 7.05 Å². The molecule has 3 aromatic heterocycles. The second-order valence-electron chi connectivity index (χ2n) is 7.47. The van der Waals surface area contributed by atoms with Gasteiger partial charge in [-0.05, 0) is 37.0 Å². The Balaban J connectivity index is 1.41. The van der Waals surface area contributed by atoms with E-state index < -0.39 is 0 Å². The van der Waals surface area contributed by atoms with Gasteiger partial charge in [0.25, 0.3) is 5.91 Å². The maximum absolute atomic E-state index is 13.0. The highest BCUT2D eigenvalue weighted by Crippen LogP contribution is 2.37. The Bertz CT molecular complexity index is 1190. The normalized spacial score (nSPS) is 14.1. The van der Waals surface area contributed by atoms with Crippen molar-refractivity contribution in [1.29, 1.82) is 0 Å².